The molecule has 1 aliphatic rings. The van der Waals surface area contributed by atoms with E-state index in [0.717, 1.165) is 18.4 Å². The lowest BCUT2D eigenvalue weighted by atomic mass is 9.71. The molecule has 0 N–H and O–H groups in total. The van der Waals surface area contributed by atoms with Crippen LogP contribution in [0.4, 0.5) is 0 Å². The third-order valence-corrected chi connectivity index (χ3v) is 3.64. The van der Waals surface area contributed by atoms with Crippen LogP contribution >= 0.6 is 0 Å². The molecule has 0 bridgehead atoms. The van der Waals surface area contributed by atoms with Gasteiger partial charge in [-0.25, -0.2) is 4.79 Å². The van der Waals surface area contributed by atoms with Crippen LogP contribution in [0.1, 0.15) is 60.8 Å². The van der Waals surface area contributed by atoms with Gasteiger partial charge in [0.1, 0.15) is 5.60 Å². The average Bonchev–Trinajstić information content (AvgIpc) is 2.31. The lowest BCUT2D eigenvalue weighted by Crippen LogP contribution is -2.34. The third kappa shape index (κ3) is 4.06. The highest BCUT2D eigenvalue weighted by atomic mass is 16.6. The number of esters is 1. The second-order valence-electron chi connectivity index (χ2n) is 6.81. The summed E-state index contributed by atoms with van der Waals surface area (Å²) in [5, 5.41) is 0. The number of carbonyl (C=O) groups excluding carboxylic acids is 2. The SMILES string of the molecule is C/C=C(\CC1(C)CCC=C(C)C1=O)C(=O)OC(C)(C)C. The van der Waals surface area contributed by atoms with Crippen molar-refractivity contribution in [3.8, 4) is 0 Å². The molecule has 0 heterocycles. The van der Waals surface area contributed by atoms with Gasteiger partial charge in [0.05, 0.1) is 0 Å². The van der Waals surface area contributed by atoms with Crippen molar-refractivity contribution in [2.75, 3.05) is 0 Å². The largest absolute Gasteiger partial charge is 0.457 e. The van der Waals surface area contributed by atoms with Crippen LogP contribution in [0.2, 0.25) is 0 Å². The van der Waals surface area contributed by atoms with Crippen LogP contribution < -0.4 is 0 Å². The number of ketones is 1. The highest BCUT2D eigenvalue weighted by Gasteiger charge is 2.37. The van der Waals surface area contributed by atoms with Crippen molar-refractivity contribution in [3.63, 3.8) is 0 Å². The van der Waals surface area contributed by atoms with E-state index in [-0.39, 0.29) is 11.8 Å². The van der Waals surface area contributed by atoms with E-state index >= 15 is 0 Å². The summed E-state index contributed by atoms with van der Waals surface area (Å²) in [6.45, 7) is 11.1. The zero-order valence-electron chi connectivity index (χ0n) is 13.5. The standard InChI is InChI=1S/C17H26O3/c1-7-13(15(19)20-16(3,4)5)11-17(6)10-8-9-12(2)14(17)18/h7,9H,8,10-11H2,1-6H3/b13-7+. The summed E-state index contributed by atoms with van der Waals surface area (Å²) in [6.07, 6.45) is 5.86. The van der Waals surface area contributed by atoms with Crippen LogP contribution in [0.5, 0.6) is 0 Å². The Morgan fingerprint density at radius 3 is 2.55 bits per heavy atom. The van der Waals surface area contributed by atoms with E-state index in [4.69, 9.17) is 4.74 Å². The van der Waals surface area contributed by atoms with Gasteiger partial charge in [0.25, 0.3) is 0 Å². The van der Waals surface area contributed by atoms with Gasteiger partial charge in [-0.2, -0.15) is 0 Å². The minimum absolute atomic E-state index is 0.145. The third-order valence-electron chi connectivity index (χ3n) is 3.64. The molecule has 0 radical (unpaired) electrons. The van der Waals surface area contributed by atoms with Crippen molar-refractivity contribution in [3.05, 3.63) is 23.3 Å². The van der Waals surface area contributed by atoms with Gasteiger partial charge in [0.2, 0.25) is 0 Å². The van der Waals surface area contributed by atoms with Crippen molar-refractivity contribution in [2.45, 2.75) is 66.4 Å². The number of carbonyl (C=O) groups is 2. The van der Waals surface area contributed by atoms with E-state index in [1.165, 1.54) is 0 Å². The summed E-state index contributed by atoms with van der Waals surface area (Å²) in [5.41, 5.74) is 0.389. The Hall–Kier alpha value is -1.38. The molecule has 0 aliphatic heterocycles. The van der Waals surface area contributed by atoms with Crippen LogP contribution in [0.3, 0.4) is 0 Å². The first-order valence-electron chi connectivity index (χ1n) is 7.19. The molecule has 0 saturated carbocycles. The highest BCUT2D eigenvalue weighted by molar-refractivity contribution is 6.01. The van der Waals surface area contributed by atoms with E-state index in [2.05, 4.69) is 0 Å². The second-order valence-corrected chi connectivity index (χ2v) is 6.81. The van der Waals surface area contributed by atoms with Crippen LogP contribution in [-0.2, 0) is 14.3 Å². The van der Waals surface area contributed by atoms with Gasteiger partial charge in [-0.1, -0.05) is 19.1 Å². The Morgan fingerprint density at radius 1 is 1.45 bits per heavy atom. The molecule has 0 aromatic rings. The minimum atomic E-state index is -0.515. The Morgan fingerprint density at radius 2 is 2.05 bits per heavy atom. The first-order chi connectivity index (χ1) is 9.09. The Balaban J connectivity index is 2.87. The summed E-state index contributed by atoms with van der Waals surface area (Å²) in [4.78, 5) is 24.5. The molecule has 3 nitrogen and oxygen atoms in total. The molecular weight excluding hydrogens is 252 g/mol. The Kier molecular flexibility index (Phi) is 4.95. The molecule has 0 aromatic heterocycles. The summed E-state index contributed by atoms with van der Waals surface area (Å²) < 4.78 is 5.41. The van der Waals surface area contributed by atoms with Gasteiger partial charge in [-0.05, 0) is 59.5 Å². The molecular formula is C17H26O3. The predicted octanol–water partition coefficient (Wildman–Crippen LogP) is 3.98. The predicted molar refractivity (Wildman–Crippen MR) is 80.3 cm³/mol. The van der Waals surface area contributed by atoms with Crippen LogP contribution in [-0.4, -0.2) is 17.4 Å². The lowest BCUT2D eigenvalue weighted by Gasteiger charge is -2.32. The maximum Gasteiger partial charge on any atom is 0.334 e. The van der Waals surface area contributed by atoms with Crippen molar-refractivity contribution >= 4 is 11.8 Å². The average molecular weight is 278 g/mol. The molecule has 0 spiro atoms. The number of ether oxygens (including phenoxy) is 1. The summed E-state index contributed by atoms with van der Waals surface area (Å²) in [5.74, 6) is -0.173. The Bertz CT molecular complexity index is 463. The number of allylic oxidation sites excluding steroid dienone is 3. The molecule has 112 valence electrons. The quantitative estimate of drug-likeness (QED) is 0.579. The lowest BCUT2D eigenvalue weighted by molar-refractivity contribution is -0.150. The molecule has 1 atom stereocenters. The minimum Gasteiger partial charge on any atom is -0.457 e. The summed E-state index contributed by atoms with van der Waals surface area (Å²) in [6, 6.07) is 0. The normalized spacial score (nSPS) is 24.4. The second kappa shape index (κ2) is 5.94. The van der Waals surface area contributed by atoms with Gasteiger partial charge in [-0.3, -0.25) is 4.79 Å². The maximum absolute atomic E-state index is 12.4. The fourth-order valence-corrected chi connectivity index (χ4v) is 2.51. The van der Waals surface area contributed by atoms with Crippen molar-refractivity contribution in [1.29, 1.82) is 0 Å². The monoisotopic (exact) mass is 278 g/mol. The molecule has 0 fully saturated rings. The number of Topliss-reactive ketones (excluding diaryl/α,β-unsaturated/α-hetero) is 1. The van der Waals surface area contributed by atoms with Crippen molar-refractivity contribution < 1.29 is 14.3 Å². The molecule has 20 heavy (non-hydrogen) atoms. The topological polar surface area (TPSA) is 43.4 Å². The van der Waals surface area contributed by atoms with Crippen molar-refractivity contribution in [2.24, 2.45) is 5.41 Å². The number of rotatable bonds is 3. The smallest absolute Gasteiger partial charge is 0.334 e. The van der Waals surface area contributed by atoms with E-state index in [0.29, 0.717) is 12.0 Å². The van der Waals surface area contributed by atoms with Gasteiger partial charge >= 0.3 is 5.97 Å². The highest BCUT2D eigenvalue weighted by Crippen LogP contribution is 2.38. The first-order valence-corrected chi connectivity index (χ1v) is 7.19. The van der Waals surface area contributed by atoms with E-state index in [1.54, 1.807) is 6.08 Å². The van der Waals surface area contributed by atoms with E-state index < -0.39 is 11.0 Å². The van der Waals surface area contributed by atoms with Crippen LogP contribution in [0, 0.1) is 5.41 Å². The maximum atomic E-state index is 12.4. The zero-order chi connectivity index (χ0) is 15.6. The fourth-order valence-electron chi connectivity index (χ4n) is 2.51. The summed E-state index contributed by atoms with van der Waals surface area (Å²) >= 11 is 0. The van der Waals surface area contributed by atoms with Crippen molar-refractivity contribution in [1.82, 2.24) is 0 Å². The van der Waals surface area contributed by atoms with Gasteiger partial charge < -0.3 is 4.74 Å². The van der Waals surface area contributed by atoms with E-state index in [1.807, 2.05) is 47.6 Å². The molecule has 1 unspecified atom stereocenters. The van der Waals surface area contributed by atoms with Gasteiger partial charge in [0, 0.05) is 11.0 Å². The summed E-state index contributed by atoms with van der Waals surface area (Å²) in [7, 11) is 0. The number of hydrogen-bond acceptors (Lipinski definition) is 3. The fraction of sp³-hybridized carbons (Fsp3) is 0.647. The molecule has 1 aliphatic carbocycles. The molecule has 0 aromatic carbocycles. The van der Waals surface area contributed by atoms with Crippen LogP contribution in [0.25, 0.3) is 0 Å². The molecule has 1 rings (SSSR count). The first kappa shape index (κ1) is 16.7. The number of hydrogen-bond donors (Lipinski definition) is 0. The van der Waals surface area contributed by atoms with Crippen LogP contribution in [0.15, 0.2) is 23.3 Å². The molecule has 0 amide bonds. The van der Waals surface area contributed by atoms with Gasteiger partial charge in [0.15, 0.2) is 5.78 Å². The van der Waals surface area contributed by atoms with E-state index in [9.17, 15) is 9.59 Å². The zero-order valence-corrected chi connectivity index (χ0v) is 13.5. The molecule has 0 saturated heterocycles. The Labute approximate surface area is 122 Å². The molecule has 3 heteroatoms. The van der Waals surface area contributed by atoms with Gasteiger partial charge in [-0.15, -0.1) is 0 Å².